The molecule has 1 aromatic heterocycles. The number of halogens is 2. The average molecular weight is 396 g/mol. The summed E-state index contributed by atoms with van der Waals surface area (Å²) in [6.07, 6.45) is 11.4. The molecule has 0 radical (unpaired) electrons. The molecule has 2 aliphatic rings. The van der Waals surface area contributed by atoms with Gasteiger partial charge in [0.1, 0.15) is 5.82 Å². The Balaban J connectivity index is 1.57. The van der Waals surface area contributed by atoms with Crippen LogP contribution < -0.4 is 5.32 Å². The van der Waals surface area contributed by atoms with E-state index in [0.717, 1.165) is 37.9 Å². The summed E-state index contributed by atoms with van der Waals surface area (Å²) < 4.78 is 13.2. The maximum Gasteiger partial charge on any atom is 0.364 e. The number of carboxylic acids is 1. The molecule has 1 aromatic rings. The van der Waals surface area contributed by atoms with E-state index in [2.05, 4.69) is 15.2 Å². The van der Waals surface area contributed by atoms with Crippen LogP contribution >= 0.6 is 11.6 Å². The van der Waals surface area contributed by atoms with Crippen molar-refractivity contribution in [3.8, 4) is 0 Å². The molecule has 1 atom stereocenters. The van der Waals surface area contributed by atoms with Crippen molar-refractivity contribution in [1.82, 2.24) is 9.88 Å². The minimum atomic E-state index is -1.60. The number of nitrogens with zero attached hydrogens (tertiary/aromatic N) is 2. The van der Waals surface area contributed by atoms with E-state index < -0.39 is 11.8 Å². The van der Waals surface area contributed by atoms with Crippen LogP contribution in [-0.4, -0.2) is 46.6 Å². The maximum atomic E-state index is 13.2. The van der Waals surface area contributed by atoms with Crippen molar-refractivity contribution in [1.29, 1.82) is 0 Å². The number of aliphatic carboxylic acids is 1. The first-order chi connectivity index (χ1) is 13.0. The van der Waals surface area contributed by atoms with Gasteiger partial charge in [0.05, 0.1) is 5.02 Å². The smallest absolute Gasteiger partial charge is 0.364 e. The number of likely N-dealkylation sites (tertiary alicyclic amines) is 1. The number of hydrogen-bond donors (Lipinski definition) is 2. The second kappa shape index (κ2) is 9.51. The molecule has 1 saturated heterocycles. The van der Waals surface area contributed by atoms with Gasteiger partial charge in [0.15, 0.2) is 0 Å². The van der Waals surface area contributed by atoms with Crippen molar-refractivity contribution in [2.45, 2.75) is 51.0 Å². The van der Waals surface area contributed by atoms with Crippen LogP contribution in [0.5, 0.6) is 0 Å². The van der Waals surface area contributed by atoms with Gasteiger partial charge < -0.3 is 15.3 Å². The number of hydrogen-bond acceptors (Lipinski definition) is 4. The summed E-state index contributed by atoms with van der Waals surface area (Å²) >= 11 is 6.27. The van der Waals surface area contributed by atoms with Gasteiger partial charge in [0.25, 0.3) is 0 Å². The zero-order valence-electron chi connectivity index (χ0n) is 15.5. The number of pyridine rings is 1. The van der Waals surface area contributed by atoms with Crippen molar-refractivity contribution in [3.63, 3.8) is 0 Å². The van der Waals surface area contributed by atoms with Crippen LogP contribution in [0.25, 0.3) is 6.08 Å². The van der Waals surface area contributed by atoms with E-state index in [1.165, 1.54) is 50.9 Å². The number of rotatable bonds is 6. The van der Waals surface area contributed by atoms with Crippen molar-refractivity contribution >= 4 is 29.5 Å². The summed E-state index contributed by atoms with van der Waals surface area (Å²) in [4.78, 5) is 17.4. The topological polar surface area (TPSA) is 65.5 Å². The van der Waals surface area contributed by atoms with Crippen LogP contribution in [0, 0.1) is 5.92 Å². The molecule has 148 valence electrons. The van der Waals surface area contributed by atoms with E-state index >= 15 is 0 Å². The number of nitrogens with one attached hydrogen (secondary N) is 1. The third kappa shape index (κ3) is 5.91. The van der Waals surface area contributed by atoms with Gasteiger partial charge in [-0.05, 0) is 55.9 Å². The second-order valence-electron chi connectivity index (χ2n) is 7.64. The standard InChI is InChI=1S/C20H27ClFN3O2/c21-17-9-15(10-18(22)20(26)27)11-23-19(17)24-16-7-4-8-25(13-16)12-14-5-2-1-3-6-14/h9-11,14,16H,1-8,12-13H2,(H,23,24)(H,26,27)/t16-/m1/s1. The van der Waals surface area contributed by atoms with Crippen LogP contribution in [0.4, 0.5) is 10.2 Å². The van der Waals surface area contributed by atoms with E-state index in [0.29, 0.717) is 16.4 Å². The molecule has 1 saturated carbocycles. The fourth-order valence-corrected chi connectivity index (χ4v) is 4.34. The first-order valence-electron chi connectivity index (χ1n) is 9.76. The van der Waals surface area contributed by atoms with Crippen LogP contribution in [0.2, 0.25) is 5.02 Å². The Morgan fingerprint density at radius 2 is 2.11 bits per heavy atom. The minimum Gasteiger partial charge on any atom is -0.476 e. The zero-order chi connectivity index (χ0) is 19.2. The summed E-state index contributed by atoms with van der Waals surface area (Å²) in [5, 5.41) is 12.4. The fourth-order valence-electron chi connectivity index (χ4n) is 4.11. The Morgan fingerprint density at radius 3 is 2.81 bits per heavy atom. The molecule has 7 heteroatoms. The van der Waals surface area contributed by atoms with Crippen LogP contribution in [0.1, 0.15) is 50.5 Å². The molecule has 0 amide bonds. The van der Waals surface area contributed by atoms with E-state index in [1.54, 1.807) is 0 Å². The van der Waals surface area contributed by atoms with Gasteiger partial charge in [-0.2, -0.15) is 4.39 Å². The van der Waals surface area contributed by atoms with Gasteiger partial charge in [0.2, 0.25) is 5.83 Å². The predicted molar refractivity (Wildman–Crippen MR) is 106 cm³/mol. The van der Waals surface area contributed by atoms with Crippen molar-refractivity contribution < 1.29 is 14.3 Å². The van der Waals surface area contributed by atoms with Crippen molar-refractivity contribution in [3.05, 3.63) is 28.7 Å². The lowest BCUT2D eigenvalue weighted by Crippen LogP contribution is -2.44. The summed E-state index contributed by atoms with van der Waals surface area (Å²) in [5.41, 5.74) is 0.327. The highest BCUT2D eigenvalue weighted by Crippen LogP contribution is 2.27. The summed E-state index contributed by atoms with van der Waals surface area (Å²) in [6.45, 7) is 3.30. The number of anilines is 1. The van der Waals surface area contributed by atoms with Crippen LogP contribution in [0.15, 0.2) is 18.1 Å². The van der Waals surface area contributed by atoms with E-state index in [1.807, 2.05) is 0 Å². The van der Waals surface area contributed by atoms with Crippen molar-refractivity contribution in [2.24, 2.45) is 5.92 Å². The molecule has 2 N–H and O–H groups in total. The SMILES string of the molecule is O=C(O)C(F)=Cc1cnc(N[C@@H]2CCCN(CC3CCCCC3)C2)c(Cl)c1. The van der Waals surface area contributed by atoms with Gasteiger partial charge in [-0.25, -0.2) is 9.78 Å². The highest BCUT2D eigenvalue weighted by Gasteiger charge is 2.24. The molecule has 2 heterocycles. The fraction of sp³-hybridized carbons (Fsp3) is 0.600. The molecule has 0 unspecified atom stereocenters. The zero-order valence-corrected chi connectivity index (χ0v) is 16.2. The maximum absolute atomic E-state index is 13.2. The van der Waals surface area contributed by atoms with Gasteiger partial charge in [-0.1, -0.05) is 30.9 Å². The molecule has 0 bridgehead atoms. The molecule has 27 heavy (non-hydrogen) atoms. The molecule has 5 nitrogen and oxygen atoms in total. The normalized spacial score (nSPS) is 22.6. The third-order valence-electron chi connectivity index (χ3n) is 5.45. The molecule has 3 rings (SSSR count). The van der Waals surface area contributed by atoms with Gasteiger partial charge in [-0.15, -0.1) is 0 Å². The lowest BCUT2D eigenvalue weighted by molar-refractivity contribution is -0.134. The van der Waals surface area contributed by atoms with Gasteiger partial charge in [-0.3, -0.25) is 0 Å². The Hall–Kier alpha value is -1.66. The van der Waals surface area contributed by atoms with Gasteiger partial charge >= 0.3 is 5.97 Å². The van der Waals surface area contributed by atoms with Crippen LogP contribution in [0.3, 0.4) is 0 Å². The average Bonchev–Trinajstić information content (AvgIpc) is 2.65. The van der Waals surface area contributed by atoms with E-state index in [9.17, 15) is 9.18 Å². The Morgan fingerprint density at radius 1 is 1.33 bits per heavy atom. The molecule has 0 spiro atoms. The van der Waals surface area contributed by atoms with Crippen LogP contribution in [-0.2, 0) is 4.79 Å². The number of piperidine rings is 1. The summed E-state index contributed by atoms with van der Waals surface area (Å²) in [7, 11) is 0. The monoisotopic (exact) mass is 395 g/mol. The lowest BCUT2D eigenvalue weighted by atomic mass is 9.88. The molecule has 2 fully saturated rings. The highest BCUT2D eigenvalue weighted by molar-refractivity contribution is 6.33. The molecular weight excluding hydrogens is 369 g/mol. The van der Waals surface area contributed by atoms with E-state index in [4.69, 9.17) is 16.7 Å². The third-order valence-corrected chi connectivity index (χ3v) is 5.74. The number of aromatic nitrogens is 1. The summed E-state index contributed by atoms with van der Waals surface area (Å²) in [5.74, 6) is -1.45. The second-order valence-corrected chi connectivity index (χ2v) is 8.05. The quantitative estimate of drug-likeness (QED) is 0.690. The van der Waals surface area contributed by atoms with Crippen molar-refractivity contribution in [2.75, 3.05) is 25.0 Å². The molecular formula is C20H27ClFN3O2. The largest absolute Gasteiger partial charge is 0.476 e. The molecule has 1 aliphatic carbocycles. The predicted octanol–water partition coefficient (Wildman–Crippen LogP) is 4.59. The Labute approximate surface area is 164 Å². The summed E-state index contributed by atoms with van der Waals surface area (Å²) in [6, 6.07) is 1.81. The molecule has 1 aliphatic heterocycles. The van der Waals surface area contributed by atoms with E-state index in [-0.39, 0.29) is 6.04 Å². The Kier molecular flexibility index (Phi) is 7.07. The first-order valence-corrected chi connectivity index (χ1v) is 10.1. The number of carboxylic acid groups (broad SMARTS) is 1. The highest BCUT2D eigenvalue weighted by atomic mass is 35.5. The lowest BCUT2D eigenvalue weighted by Gasteiger charge is -2.36. The van der Waals surface area contributed by atoms with Gasteiger partial charge in [0, 0.05) is 25.3 Å². The Bertz CT molecular complexity index is 692. The number of carbonyl (C=O) groups is 1. The molecule has 0 aromatic carbocycles. The minimum absolute atomic E-state index is 0.282. The first kappa shape index (κ1) is 20.1.